The standard InChI is InChI=1S/C19H27FN2O3/c1-21-16(13-24-2)7-8-19(21)9-11-22(12-10-19)18(23)14-25-17-5-3-15(20)4-6-17/h3-6,16H,7-14H2,1-2H3/t16-/m1/s1. The fourth-order valence-corrected chi connectivity index (χ4v) is 4.12. The molecule has 1 spiro atoms. The van der Waals surface area contributed by atoms with E-state index in [1.165, 1.54) is 30.7 Å². The van der Waals surface area contributed by atoms with E-state index in [2.05, 4.69) is 11.9 Å². The van der Waals surface area contributed by atoms with Crippen LogP contribution in [0.15, 0.2) is 24.3 Å². The molecule has 2 heterocycles. The van der Waals surface area contributed by atoms with E-state index < -0.39 is 0 Å². The summed E-state index contributed by atoms with van der Waals surface area (Å²) in [5.74, 6) is 0.196. The zero-order valence-corrected chi connectivity index (χ0v) is 15.0. The van der Waals surface area contributed by atoms with Crippen LogP contribution in [0.25, 0.3) is 0 Å². The number of hydrogen-bond acceptors (Lipinski definition) is 4. The van der Waals surface area contributed by atoms with E-state index in [9.17, 15) is 9.18 Å². The molecular formula is C19H27FN2O3. The number of hydrogen-bond donors (Lipinski definition) is 0. The van der Waals surface area contributed by atoms with Gasteiger partial charge in [0, 0.05) is 31.8 Å². The van der Waals surface area contributed by atoms with Crippen molar-refractivity contribution in [3.63, 3.8) is 0 Å². The maximum absolute atomic E-state index is 12.9. The van der Waals surface area contributed by atoms with Gasteiger partial charge in [-0.3, -0.25) is 9.69 Å². The van der Waals surface area contributed by atoms with Gasteiger partial charge in [-0.15, -0.1) is 0 Å². The first-order chi connectivity index (χ1) is 12.0. The molecule has 2 aliphatic heterocycles. The van der Waals surface area contributed by atoms with Crippen LogP contribution >= 0.6 is 0 Å². The molecule has 6 heteroatoms. The van der Waals surface area contributed by atoms with E-state index in [1.807, 2.05) is 4.90 Å². The van der Waals surface area contributed by atoms with E-state index in [1.54, 1.807) is 7.11 Å². The monoisotopic (exact) mass is 350 g/mol. The molecule has 1 aromatic carbocycles. The number of methoxy groups -OCH3 is 1. The van der Waals surface area contributed by atoms with Gasteiger partial charge in [-0.25, -0.2) is 4.39 Å². The van der Waals surface area contributed by atoms with Gasteiger partial charge in [0.2, 0.25) is 0 Å². The highest BCUT2D eigenvalue weighted by atomic mass is 19.1. The molecule has 1 amide bonds. The van der Waals surface area contributed by atoms with Crippen LogP contribution in [0.2, 0.25) is 0 Å². The summed E-state index contributed by atoms with van der Waals surface area (Å²) in [7, 11) is 3.94. The molecule has 0 aliphatic carbocycles. The van der Waals surface area contributed by atoms with Crippen LogP contribution in [-0.4, -0.2) is 67.7 Å². The van der Waals surface area contributed by atoms with Gasteiger partial charge < -0.3 is 14.4 Å². The number of benzene rings is 1. The minimum absolute atomic E-state index is 0.000765. The number of carbonyl (C=O) groups excluding carboxylic acids is 1. The van der Waals surface area contributed by atoms with Crippen molar-refractivity contribution in [2.45, 2.75) is 37.3 Å². The molecule has 1 aromatic rings. The Bertz CT molecular complexity index is 585. The van der Waals surface area contributed by atoms with Crippen LogP contribution in [0.5, 0.6) is 5.75 Å². The minimum atomic E-state index is -0.313. The van der Waals surface area contributed by atoms with Gasteiger partial charge in [-0.2, -0.15) is 0 Å². The number of halogens is 1. The van der Waals surface area contributed by atoms with E-state index in [-0.39, 0.29) is 23.9 Å². The van der Waals surface area contributed by atoms with Crippen molar-refractivity contribution in [1.82, 2.24) is 9.80 Å². The van der Waals surface area contributed by atoms with Gasteiger partial charge in [0.1, 0.15) is 11.6 Å². The smallest absolute Gasteiger partial charge is 0.260 e. The molecule has 1 atom stereocenters. The Morgan fingerprint density at radius 3 is 2.56 bits per heavy atom. The Labute approximate surface area is 148 Å². The highest BCUT2D eigenvalue weighted by molar-refractivity contribution is 5.77. The Morgan fingerprint density at radius 1 is 1.24 bits per heavy atom. The van der Waals surface area contributed by atoms with Gasteiger partial charge in [0.05, 0.1) is 6.61 Å². The van der Waals surface area contributed by atoms with Gasteiger partial charge >= 0.3 is 0 Å². The molecule has 0 radical (unpaired) electrons. The second-order valence-corrected chi connectivity index (χ2v) is 7.11. The fraction of sp³-hybridized carbons (Fsp3) is 0.632. The van der Waals surface area contributed by atoms with Crippen LogP contribution < -0.4 is 4.74 Å². The first kappa shape index (κ1) is 18.1. The Morgan fingerprint density at radius 2 is 1.92 bits per heavy atom. The Balaban J connectivity index is 1.48. The third-order valence-electron chi connectivity index (χ3n) is 5.82. The van der Waals surface area contributed by atoms with Crippen LogP contribution in [0.1, 0.15) is 25.7 Å². The van der Waals surface area contributed by atoms with Gasteiger partial charge in [-0.1, -0.05) is 0 Å². The highest BCUT2D eigenvalue weighted by Crippen LogP contribution is 2.40. The summed E-state index contributed by atoms with van der Waals surface area (Å²) in [5.41, 5.74) is 0.206. The first-order valence-corrected chi connectivity index (χ1v) is 8.92. The lowest BCUT2D eigenvalue weighted by Crippen LogP contribution is -2.54. The van der Waals surface area contributed by atoms with Gasteiger partial charge in [-0.05, 0) is 57.0 Å². The van der Waals surface area contributed by atoms with Crippen molar-refractivity contribution in [3.8, 4) is 5.75 Å². The van der Waals surface area contributed by atoms with Crippen LogP contribution in [0.3, 0.4) is 0 Å². The maximum atomic E-state index is 12.9. The van der Waals surface area contributed by atoms with E-state index in [0.29, 0.717) is 11.8 Å². The summed E-state index contributed by atoms with van der Waals surface area (Å²) in [6.45, 7) is 2.29. The zero-order valence-electron chi connectivity index (χ0n) is 15.0. The minimum Gasteiger partial charge on any atom is -0.484 e. The molecule has 5 nitrogen and oxygen atoms in total. The molecule has 0 bridgehead atoms. The zero-order chi connectivity index (χ0) is 17.9. The molecule has 2 saturated heterocycles. The summed E-state index contributed by atoms with van der Waals surface area (Å²) in [6, 6.07) is 6.22. The number of rotatable bonds is 5. The van der Waals surface area contributed by atoms with Crippen molar-refractivity contribution in [3.05, 3.63) is 30.1 Å². The summed E-state index contributed by atoms with van der Waals surface area (Å²) in [4.78, 5) is 16.7. The van der Waals surface area contributed by atoms with Crippen LogP contribution in [0.4, 0.5) is 4.39 Å². The number of likely N-dealkylation sites (tertiary alicyclic amines) is 2. The molecule has 0 unspecified atom stereocenters. The molecule has 3 rings (SSSR count). The number of carbonyl (C=O) groups is 1. The fourth-order valence-electron chi connectivity index (χ4n) is 4.12. The predicted molar refractivity (Wildman–Crippen MR) is 93.1 cm³/mol. The average Bonchev–Trinajstić information content (AvgIpc) is 2.92. The van der Waals surface area contributed by atoms with Gasteiger partial charge in [0.25, 0.3) is 5.91 Å². The molecule has 0 aromatic heterocycles. The third kappa shape index (κ3) is 3.96. The van der Waals surface area contributed by atoms with E-state index in [0.717, 1.165) is 39.0 Å². The second kappa shape index (κ2) is 7.70. The first-order valence-electron chi connectivity index (χ1n) is 8.92. The largest absolute Gasteiger partial charge is 0.484 e. The summed E-state index contributed by atoms with van der Waals surface area (Å²) >= 11 is 0. The molecule has 0 N–H and O–H groups in total. The third-order valence-corrected chi connectivity index (χ3v) is 5.82. The van der Waals surface area contributed by atoms with Crippen molar-refractivity contribution >= 4 is 5.91 Å². The number of ether oxygens (including phenoxy) is 2. The molecule has 2 fully saturated rings. The topological polar surface area (TPSA) is 42.0 Å². The Hall–Kier alpha value is -1.66. The molecule has 25 heavy (non-hydrogen) atoms. The predicted octanol–water partition coefficient (Wildman–Crippen LogP) is 2.31. The number of amides is 1. The van der Waals surface area contributed by atoms with Crippen LogP contribution in [0, 0.1) is 5.82 Å². The lowest BCUT2D eigenvalue weighted by Gasteiger charge is -2.45. The molecule has 138 valence electrons. The molecule has 0 saturated carbocycles. The average molecular weight is 350 g/mol. The maximum Gasteiger partial charge on any atom is 0.260 e. The Kier molecular flexibility index (Phi) is 5.59. The van der Waals surface area contributed by atoms with E-state index in [4.69, 9.17) is 9.47 Å². The lowest BCUT2D eigenvalue weighted by molar-refractivity contribution is -0.136. The SMILES string of the molecule is COC[C@H]1CCC2(CCN(C(=O)COc3ccc(F)cc3)CC2)N1C. The van der Waals surface area contributed by atoms with Crippen LogP contribution in [-0.2, 0) is 9.53 Å². The normalized spacial score (nSPS) is 23.2. The summed E-state index contributed by atoms with van der Waals surface area (Å²) in [6.07, 6.45) is 4.32. The van der Waals surface area contributed by atoms with Crippen molar-refractivity contribution < 1.29 is 18.7 Å². The highest BCUT2D eigenvalue weighted by Gasteiger charge is 2.46. The molecular weight excluding hydrogens is 323 g/mol. The van der Waals surface area contributed by atoms with Crippen molar-refractivity contribution in [1.29, 1.82) is 0 Å². The number of likely N-dealkylation sites (N-methyl/N-ethyl adjacent to an activating group) is 1. The number of nitrogens with zero attached hydrogens (tertiary/aromatic N) is 2. The van der Waals surface area contributed by atoms with Crippen molar-refractivity contribution in [2.24, 2.45) is 0 Å². The lowest BCUT2D eigenvalue weighted by atomic mass is 9.85. The summed E-state index contributed by atoms with van der Waals surface area (Å²) < 4.78 is 23.7. The van der Waals surface area contributed by atoms with E-state index >= 15 is 0 Å². The second-order valence-electron chi connectivity index (χ2n) is 7.11. The number of piperidine rings is 1. The van der Waals surface area contributed by atoms with Gasteiger partial charge in [0.15, 0.2) is 6.61 Å². The molecule has 2 aliphatic rings. The quantitative estimate of drug-likeness (QED) is 0.817. The van der Waals surface area contributed by atoms with Crippen molar-refractivity contribution in [2.75, 3.05) is 40.5 Å². The summed E-state index contributed by atoms with van der Waals surface area (Å²) in [5, 5.41) is 0.